The number of carbonyl (C=O) groups excluding carboxylic acids is 2. The molecule has 1 aliphatic rings. The molecule has 252 valence electrons. The molecule has 0 fully saturated rings. The van der Waals surface area contributed by atoms with Gasteiger partial charge in [-0.15, -0.1) is 0 Å². The highest BCUT2D eigenvalue weighted by molar-refractivity contribution is 5.80. The maximum atomic E-state index is 12.6. The molecule has 1 heterocycles. The van der Waals surface area contributed by atoms with E-state index >= 15 is 0 Å². The van der Waals surface area contributed by atoms with Crippen molar-refractivity contribution in [2.45, 2.75) is 144 Å². The summed E-state index contributed by atoms with van der Waals surface area (Å²) >= 11 is 0. The third-order valence-corrected chi connectivity index (χ3v) is 9.31. The summed E-state index contributed by atoms with van der Waals surface area (Å²) in [6.45, 7) is 18.1. The van der Waals surface area contributed by atoms with Crippen molar-refractivity contribution in [2.75, 3.05) is 26.4 Å². The molecule has 0 saturated carbocycles. The molecule has 1 N–H and O–H groups in total. The number of esters is 2. The zero-order valence-corrected chi connectivity index (χ0v) is 29.1. The monoisotopic (exact) mass is 618 g/mol. The molecule has 7 nitrogen and oxygen atoms in total. The van der Waals surface area contributed by atoms with Gasteiger partial charge in [-0.1, -0.05) is 72.6 Å². The average Bonchev–Trinajstić information content (AvgIpc) is 2.96. The number of hydrogen-bond donors (Lipinski definition) is 1. The Morgan fingerprint density at radius 3 is 2.07 bits per heavy atom. The second-order valence-electron chi connectivity index (χ2n) is 14.0. The van der Waals surface area contributed by atoms with Crippen molar-refractivity contribution < 1.29 is 33.6 Å². The summed E-state index contributed by atoms with van der Waals surface area (Å²) in [5.74, 6) is 2.99. The molecule has 44 heavy (non-hydrogen) atoms. The van der Waals surface area contributed by atoms with Gasteiger partial charge in [0, 0.05) is 5.56 Å². The minimum atomic E-state index is -0.478. The molecule has 3 unspecified atom stereocenters. The molecule has 2 rings (SSSR count). The van der Waals surface area contributed by atoms with Crippen LogP contribution >= 0.6 is 0 Å². The van der Waals surface area contributed by atoms with Gasteiger partial charge in [-0.25, -0.2) is 0 Å². The highest BCUT2D eigenvalue weighted by atomic mass is 16.6. The maximum absolute atomic E-state index is 12.6. The van der Waals surface area contributed by atoms with Crippen LogP contribution in [0.1, 0.15) is 134 Å². The number of rotatable bonds is 21. The Labute approximate surface area is 267 Å². The first-order valence-electron chi connectivity index (χ1n) is 17.2. The fourth-order valence-electron chi connectivity index (χ4n) is 6.24. The largest absolute Gasteiger partial charge is 0.487 e. The van der Waals surface area contributed by atoms with Gasteiger partial charge in [0.05, 0.1) is 32.7 Å². The first-order chi connectivity index (χ1) is 20.9. The number of fused-ring (bicyclic) bond motifs is 1. The van der Waals surface area contributed by atoms with Gasteiger partial charge in [-0.3, -0.25) is 9.59 Å². The van der Waals surface area contributed by atoms with Gasteiger partial charge >= 0.3 is 11.9 Å². The van der Waals surface area contributed by atoms with E-state index in [1.165, 1.54) is 51.4 Å². The highest BCUT2D eigenvalue weighted by Gasteiger charge is 2.35. The molecular formula is C37H62O7. The lowest BCUT2D eigenvalue weighted by Crippen LogP contribution is -2.37. The molecule has 3 atom stereocenters. The molecule has 0 bridgehead atoms. The molecule has 0 spiro atoms. The first kappa shape index (κ1) is 38.1. The van der Waals surface area contributed by atoms with Crippen molar-refractivity contribution in [2.24, 2.45) is 17.8 Å². The maximum Gasteiger partial charge on any atom is 0.311 e. The molecule has 1 aliphatic heterocycles. The summed E-state index contributed by atoms with van der Waals surface area (Å²) in [5, 5.41) is 8.70. The predicted molar refractivity (Wildman–Crippen MR) is 176 cm³/mol. The van der Waals surface area contributed by atoms with Gasteiger partial charge < -0.3 is 24.1 Å². The van der Waals surface area contributed by atoms with Crippen LogP contribution in [0.3, 0.4) is 0 Å². The van der Waals surface area contributed by atoms with E-state index in [2.05, 4.69) is 34.6 Å². The smallest absolute Gasteiger partial charge is 0.311 e. The summed E-state index contributed by atoms with van der Waals surface area (Å²) in [6, 6.07) is 0. The lowest BCUT2D eigenvalue weighted by molar-refractivity contribution is -0.148. The van der Waals surface area contributed by atoms with Crippen molar-refractivity contribution in [1.82, 2.24) is 0 Å². The quantitative estimate of drug-likeness (QED) is 0.0841. The van der Waals surface area contributed by atoms with Gasteiger partial charge in [0.1, 0.15) is 23.7 Å². The van der Waals surface area contributed by atoms with E-state index in [1.54, 1.807) is 0 Å². The number of carbonyl (C=O) groups is 2. The Kier molecular flexibility index (Phi) is 16.8. The van der Waals surface area contributed by atoms with Crippen molar-refractivity contribution in [3.8, 4) is 11.5 Å². The Bertz CT molecular complexity index is 1030. The molecule has 0 amide bonds. The normalized spacial score (nSPS) is 17.6. The standard InChI is InChI=1S/C37H62O7/c1-26(2)12-9-13-27(3)14-10-15-28(4)16-11-20-37(8)21-19-32-31(7)35(29(5)30(6)36(32)44-37)43-34(40)18-17-33(39)42-25-24-41-23-22-38/h26-28,38H,9-25H2,1-8H3. The summed E-state index contributed by atoms with van der Waals surface area (Å²) in [5.41, 5.74) is 3.77. The second-order valence-corrected chi connectivity index (χ2v) is 14.0. The fourth-order valence-corrected chi connectivity index (χ4v) is 6.24. The molecule has 0 radical (unpaired) electrons. The van der Waals surface area contributed by atoms with E-state index in [0.717, 1.165) is 65.0 Å². The summed E-state index contributed by atoms with van der Waals surface area (Å²) < 4.78 is 22.7. The van der Waals surface area contributed by atoms with E-state index < -0.39 is 11.9 Å². The lowest BCUT2D eigenvalue weighted by atomic mass is 9.83. The van der Waals surface area contributed by atoms with Gasteiger partial charge in [0.2, 0.25) is 0 Å². The van der Waals surface area contributed by atoms with Gasteiger partial charge in [0.25, 0.3) is 0 Å². The van der Waals surface area contributed by atoms with E-state index in [4.69, 9.17) is 24.1 Å². The van der Waals surface area contributed by atoms with Crippen LogP contribution in [0, 0.1) is 38.5 Å². The SMILES string of the molecule is Cc1c(C)c2c(c(C)c1OC(=O)CCC(=O)OCCOCCO)CCC(C)(CCCC(C)CCCC(C)CCCC(C)C)O2. The zero-order chi connectivity index (χ0) is 32.7. The number of aliphatic hydroxyl groups excluding tert-OH is 1. The number of ether oxygens (including phenoxy) is 4. The third-order valence-electron chi connectivity index (χ3n) is 9.31. The van der Waals surface area contributed by atoms with Crippen molar-refractivity contribution in [3.63, 3.8) is 0 Å². The number of aliphatic hydroxyl groups is 1. The van der Waals surface area contributed by atoms with E-state index in [-0.39, 0.29) is 44.9 Å². The Balaban J connectivity index is 1.83. The fraction of sp³-hybridized carbons (Fsp3) is 0.784. The van der Waals surface area contributed by atoms with Gasteiger partial charge in [-0.2, -0.15) is 0 Å². The van der Waals surface area contributed by atoms with E-state index in [1.807, 2.05) is 20.8 Å². The molecule has 0 saturated heterocycles. The third kappa shape index (κ3) is 13.1. The minimum absolute atomic E-state index is 0.0570. The number of benzene rings is 1. The van der Waals surface area contributed by atoms with Crippen molar-refractivity contribution in [1.29, 1.82) is 0 Å². The van der Waals surface area contributed by atoms with Crippen LogP contribution in [0.25, 0.3) is 0 Å². The predicted octanol–water partition coefficient (Wildman–Crippen LogP) is 8.37. The van der Waals surface area contributed by atoms with Gasteiger partial charge in [0.15, 0.2) is 0 Å². The van der Waals surface area contributed by atoms with Crippen LogP contribution in [-0.4, -0.2) is 49.1 Å². The highest BCUT2D eigenvalue weighted by Crippen LogP contribution is 2.45. The Morgan fingerprint density at radius 2 is 1.43 bits per heavy atom. The molecular weight excluding hydrogens is 556 g/mol. The van der Waals surface area contributed by atoms with Crippen molar-refractivity contribution in [3.05, 3.63) is 22.3 Å². The molecule has 1 aromatic rings. The van der Waals surface area contributed by atoms with E-state index in [0.29, 0.717) is 5.75 Å². The minimum Gasteiger partial charge on any atom is -0.487 e. The van der Waals surface area contributed by atoms with Crippen LogP contribution < -0.4 is 9.47 Å². The number of hydrogen-bond acceptors (Lipinski definition) is 7. The summed E-state index contributed by atoms with van der Waals surface area (Å²) in [4.78, 5) is 24.6. The molecule has 1 aromatic carbocycles. The van der Waals surface area contributed by atoms with Crippen LogP contribution in [-0.2, 0) is 25.5 Å². The Hall–Kier alpha value is -2.12. The van der Waals surface area contributed by atoms with Crippen molar-refractivity contribution >= 4 is 11.9 Å². The second kappa shape index (κ2) is 19.4. The van der Waals surface area contributed by atoms with Crippen LogP contribution in [0.2, 0.25) is 0 Å². The lowest BCUT2D eigenvalue weighted by Gasteiger charge is -2.38. The summed E-state index contributed by atoms with van der Waals surface area (Å²) in [6.07, 6.45) is 13.2. The molecule has 0 aromatic heterocycles. The zero-order valence-electron chi connectivity index (χ0n) is 29.1. The first-order valence-corrected chi connectivity index (χ1v) is 17.2. The van der Waals surface area contributed by atoms with Crippen LogP contribution in [0.5, 0.6) is 11.5 Å². The Morgan fingerprint density at radius 1 is 0.818 bits per heavy atom. The van der Waals surface area contributed by atoms with Gasteiger partial charge in [-0.05, 0) is 87.8 Å². The van der Waals surface area contributed by atoms with Crippen LogP contribution in [0.15, 0.2) is 0 Å². The van der Waals surface area contributed by atoms with Crippen LogP contribution in [0.4, 0.5) is 0 Å². The van der Waals surface area contributed by atoms with E-state index in [9.17, 15) is 9.59 Å². The molecule has 7 heteroatoms. The average molecular weight is 619 g/mol. The topological polar surface area (TPSA) is 91.3 Å². The summed E-state index contributed by atoms with van der Waals surface area (Å²) in [7, 11) is 0. The molecule has 0 aliphatic carbocycles.